The summed E-state index contributed by atoms with van der Waals surface area (Å²) in [5, 5.41) is 0. The summed E-state index contributed by atoms with van der Waals surface area (Å²) >= 11 is 0. The van der Waals surface area contributed by atoms with Crippen LogP contribution in [0.1, 0.15) is 5.56 Å². The van der Waals surface area contributed by atoms with Crippen LogP contribution in [0.2, 0.25) is 0 Å². The summed E-state index contributed by atoms with van der Waals surface area (Å²) in [5.41, 5.74) is 1.89. The number of rotatable bonds is 5. The van der Waals surface area contributed by atoms with Gasteiger partial charge >= 0.3 is 0 Å². The molecule has 1 aliphatic heterocycles. The molecule has 0 bridgehead atoms. The molecule has 0 radical (unpaired) electrons. The first-order valence-electron chi connectivity index (χ1n) is 9.19. The first-order chi connectivity index (χ1) is 13.7. The van der Waals surface area contributed by atoms with Crippen molar-refractivity contribution in [1.82, 2.24) is 24.8 Å². The van der Waals surface area contributed by atoms with Crippen LogP contribution in [0.15, 0.2) is 53.8 Å². The standard InChI is InChI=1S/C20H22N6O2/c1-28-17-4-2-16(3-5-17)18-23-12-15(13-24-18)14-25-8-10-26(11-9-25)19-20(27)22-7-6-21-19/h2-7,12-13H,8-11,14H2,1H3,(H,22,27). The number of nitrogens with zero attached hydrogens (tertiary/aromatic N) is 5. The number of anilines is 1. The van der Waals surface area contributed by atoms with Crippen LogP contribution in [0.3, 0.4) is 0 Å². The predicted molar refractivity (Wildman–Crippen MR) is 106 cm³/mol. The molecule has 1 N–H and O–H groups in total. The van der Waals surface area contributed by atoms with Gasteiger partial charge in [-0.2, -0.15) is 0 Å². The van der Waals surface area contributed by atoms with Crippen molar-refractivity contribution in [3.05, 3.63) is 65.0 Å². The molecule has 0 amide bonds. The number of piperazine rings is 1. The summed E-state index contributed by atoms with van der Waals surface area (Å²) in [4.78, 5) is 32.1. The number of methoxy groups -OCH3 is 1. The molecule has 0 aliphatic carbocycles. The molecule has 0 saturated carbocycles. The molecular weight excluding hydrogens is 356 g/mol. The van der Waals surface area contributed by atoms with Gasteiger partial charge in [0.05, 0.1) is 7.11 Å². The quantitative estimate of drug-likeness (QED) is 0.721. The first-order valence-corrected chi connectivity index (χ1v) is 9.19. The van der Waals surface area contributed by atoms with E-state index in [-0.39, 0.29) is 5.56 Å². The van der Waals surface area contributed by atoms with E-state index in [0.29, 0.717) is 11.6 Å². The van der Waals surface area contributed by atoms with Crippen LogP contribution in [0.25, 0.3) is 11.4 Å². The van der Waals surface area contributed by atoms with Gasteiger partial charge in [0.1, 0.15) is 5.75 Å². The number of aromatic amines is 1. The molecule has 8 heteroatoms. The van der Waals surface area contributed by atoms with Crippen molar-refractivity contribution in [3.63, 3.8) is 0 Å². The second-order valence-corrected chi connectivity index (χ2v) is 6.65. The Morgan fingerprint density at radius 1 is 1.04 bits per heavy atom. The molecule has 0 spiro atoms. The van der Waals surface area contributed by atoms with Crippen LogP contribution < -0.4 is 15.2 Å². The second-order valence-electron chi connectivity index (χ2n) is 6.65. The topological polar surface area (TPSA) is 87.2 Å². The van der Waals surface area contributed by atoms with Gasteiger partial charge in [0, 0.05) is 68.6 Å². The number of hydrogen-bond acceptors (Lipinski definition) is 7. The van der Waals surface area contributed by atoms with Crippen molar-refractivity contribution in [1.29, 1.82) is 0 Å². The Kier molecular flexibility index (Phi) is 5.29. The van der Waals surface area contributed by atoms with E-state index in [9.17, 15) is 4.79 Å². The summed E-state index contributed by atoms with van der Waals surface area (Å²) in [7, 11) is 1.65. The highest BCUT2D eigenvalue weighted by Crippen LogP contribution is 2.19. The van der Waals surface area contributed by atoms with Gasteiger partial charge in [0.25, 0.3) is 5.56 Å². The third-order valence-corrected chi connectivity index (χ3v) is 4.82. The van der Waals surface area contributed by atoms with Crippen LogP contribution in [-0.4, -0.2) is 58.1 Å². The van der Waals surface area contributed by atoms with Crippen molar-refractivity contribution in [3.8, 4) is 17.1 Å². The fraction of sp³-hybridized carbons (Fsp3) is 0.300. The first kappa shape index (κ1) is 18.1. The summed E-state index contributed by atoms with van der Waals surface area (Å²) < 4.78 is 5.18. The molecule has 3 heterocycles. The molecule has 1 aliphatic rings. The highest BCUT2D eigenvalue weighted by Gasteiger charge is 2.20. The molecular formula is C20H22N6O2. The summed E-state index contributed by atoms with van der Waals surface area (Å²) in [6.45, 7) is 4.04. The van der Waals surface area contributed by atoms with E-state index in [1.807, 2.05) is 41.6 Å². The lowest BCUT2D eigenvalue weighted by molar-refractivity contribution is 0.248. The molecule has 4 rings (SSSR count). The van der Waals surface area contributed by atoms with Crippen molar-refractivity contribution < 1.29 is 4.74 Å². The highest BCUT2D eigenvalue weighted by atomic mass is 16.5. The van der Waals surface area contributed by atoms with E-state index in [1.54, 1.807) is 19.5 Å². The molecule has 28 heavy (non-hydrogen) atoms. The van der Waals surface area contributed by atoms with E-state index in [1.165, 1.54) is 0 Å². The van der Waals surface area contributed by atoms with Crippen molar-refractivity contribution >= 4 is 5.82 Å². The minimum Gasteiger partial charge on any atom is -0.497 e. The Morgan fingerprint density at radius 3 is 2.39 bits per heavy atom. The van der Waals surface area contributed by atoms with Gasteiger partial charge < -0.3 is 14.6 Å². The zero-order chi connectivity index (χ0) is 19.3. The third-order valence-electron chi connectivity index (χ3n) is 4.82. The van der Waals surface area contributed by atoms with Crippen LogP contribution in [0.5, 0.6) is 5.75 Å². The van der Waals surface area contributed by atoms with Gasteiger partial charge in [-0.05, 0) is 24.3 Å². The lowest BCUT2D eigenvalue weighted by Gasteiger charge is -2.34. The SMILES string of the molecule is COc1ccc(-c2ncc(CN3CCN(c4ncc[nH]c4=O)CC3)cn2)cc1. The van der Waals surface area contributed by atoms with Gasteiger partial charge in [-0.1, -0.05) is 0 Å². The third kappa shape index (κ3) is 4.01. The molecule has 144 valence electrons. The van der Waals surface area contributed by atoms with E-state index in [4.69, 9.17) is 4.74 Å². The average Bonchev–Trinajstić information content (AvgIpc) is 2.75. The van der Waals surface area contributed by atoms with Crippen molar-refractivity contribution in [2.45, 2.75) is 6.54 Å². The summed E-state index contributed by atoms with van der Waals surface area (Å²) in [5.74, 6) is 2.01. The molecule has 0 atom stereocenters. The molecule has 1 aromatic carbocycles. The van der Waals surface area contributed by atoms with E-state index < -0.39 is 0 Å². The fourth-order valence-corrected chi connectivity index (χ4v) is 3.27. The lowest BCUT2D eigenvalue weighted by atomic mass is 10.2. The van der Waals surface area contributed by atoms with Crippen LogP contribution in [0.4, 0.5) is 5.82 Å². The number of nitrogens with one attached hydrogen (secondary N) is 1. The Labute approximate surface area is 162 Å². The number of hydrogen-bond donors (Lipinski definition) is 1. The highest BCUT2D eigenvalue weighted by molar-refractivity contribution is 5.55. The van der Waals surface area contributed by atoms with Crippen LogP contribution >= 0.6 is 0 Å². The summed E-state index contributed by atoms with van der Waals surface area (Å²) in [6.07, 6.45) is 6.92. The Hall–Kier alpha value is -3.26. The maximum atomic E-state index is 11.9. The van der Waals surface area contributed by atoms with Gasteiger partial charge in [-0.3, -0.25) is 9.69 Å². The van der Waals surface area contributed by atoms with E-state index in [2.05, 4.69) is 24.8 Å². The maximum Gasteiger partial charge on any atom is 0.290 e. The Morgan fingerprint density at radius 2 is 1.75 bits per heavy atom. The molecule has 0 unspecified atom stereocenters. The number of H-pyrrole nitrogens is 1. The predicted octanol–water partition coefficient (Wildman–Crippen LogP) is 1.56. The largest absolute Gasteiger partial charge is 0.497 e. The zero-order valence-corrected chi connectivity index (χ0v) is 15.7. The number of ether oxygens (including phenoxy) is 1. The van der Waals surface area contributed by atoms with Gasteiger partial charge in [-0.15, -0.1) is 0 Å². The monoisotopic (exact) mass is 378 g/mol. The Bertz CT molecular complexity index is 963. The number of aromatic nitrogens is 4. The van der Waals surface area contributed by atoms with Crippen molar-refractivity contribution in [2.75, 3.05) is 38.2 Å². The normalized spacial score (nSPS) is 14.8. The minimum atomic E-state index is -0.140. The van der Waals surface area contributed by atoms with E-state index in [0.717, 1.165) is 49.6 Å². The fourth-order valence-electron chi connectivity index (χ4n) is 3.27. The van der Waals surface area contributed by atoms with Crippen LogP contribution in [-0.2, 0) is 6.54 Å². The van der Waals surface area contributed by atoms with Crippen LogP contribution in [0, 0.1) is 0 Å². The zero-order valence-electron chi connectivity index (χ0n) is 15.7. The van der Waals surface area contributed by atoms with Gasteiger partial charge in [-0.25, -0.2) is 15.0 Å². The summed E-state index contributed by atoms with van der Waals surface area (Å²) in [6, 6.07) is 7.70. The average molecular weight is 378 g/mol. The van der Waals surface area contributed by atoms with Crippen molar-refractivity contribution in [2.24, 2.45) is 0 Å². The molecule has 3 aromatic rings. The molecule has 8 nitrogen and oxygen atoms in total. The lowest BCUT2D eigenvalue weighted by Crippen LogP contribution is -2.47. The maximum absolute atomic E-state index is 11.9. The second kappa shape index (κ2) is 8.18. The Balaban J connectivity index is 1.35. The van der Waals surface area contributed by atoms with Gasteiger partial charge in [0.2, 0.25) is 0 Å². The van der Waals surface area contributed by atoms with Gasteiger partial charge in [0.15, 0.2) is 11.6 Å². The smallest absolute Gasteiger partial charge is 0.290 e. The minimum absolute atomic E-state index is 0.140. The molecule has 1 saturated heterocycles. The number of benzene rings is 1. The van der Waals surface area contributed by atoms with E-state index >= 15 is 0 Å². The molecule has 2 aromatic heterocycles. The molecule has 1 fully saturated rings.